The van der Waals surface area contributed by atoms with E-state index in [9.17, 15) is 0 Å². The van der Waals surface area contributed by atoms with E-state index in [0.717, 1.165) is 60.5 Å². The summed E-state index contributed by atoms with van der Waals surface area (Å²) in [5.74, 6) is 1.90. The fourth-order valence-corrected chi connectivity index (χ4v) is 8.04. The molecule has 53 heavy (non-hydrogen) atoms. The van der Waals surface area contributed by atoms with Crippen molar-refractivity contribution in [2.75, 3.05) is 0 Å². The summed E-state index contributed by atoms with van der Waals surface area (Å²) in [6, 6.07) is 61.6. The van der Waals surface area contributed by atoms with E-state index < -0.39 is 0 Å². The lowest BCUT2D eigenvalue weighted by molar-refractivity contribution is 0.669. The highest BCUT2D eigenvalue weighted by Crippen LogP contribution is 2.39. The van der Waals surface area contributed by atoms with E-state index in [1.54, 1.807) is 0 Å². The smallest absolute Gasteiger partial charge is 0.164 e. The summed E-state index contributed by atoms with van der Waals surface area (Å²) in [4.78, 5) is 15.5. The molecule has 4 nitrogen and oxygen atoms in total. The molecule has 246 valence electrons. The SMILES string of the molecule is c1ccc2c(-c3nc(-c4ccc(-c5cccc6oc7ccccc7c56)cc4)nc(-c4ccc5c6ccccc6c6ccccc6c5c4)n3)cccc2c1. The average Bonchev–Trinajstić information content (AvgIpc) is 3.62. The van der Waals surface area contributed by atoms with Crippen molar-refractivity contribution in [3.05, 3.63) is 176 Å². The van der Waals surface area contributed by atoms with Gasteiger partial charge in [-0.1, -0.05) is 158 Å². The lowest BCUT2D eigenvalue weighted by atomic mass is 9.93. The number of fused-ring (bicyclic) bond motifs is 10. The number of hydrogen-bond acceptors (Lipinski definition) is 4. The Hall–Kier alpha value is -7.17. The second-order valence-electron chi connectivity index (χ2n) is 13.5. The third kappa shape index (κ3) is 4.73. The van der Waals surface area contributed by atoms with E-state index >= 15 is 0 Å². The lowest BCUT2D eigenvalue weighted by Gasteiger charge is -2.13. The molecule has 0 spiro atoms. The Balaban J connectivity index is 1.10. The van der Waals surface area contributed by atoms with Crippen LogP contribution in [0.4, 0.5) is 0 Å². The van der Waals surface area contributed by atoms with Gasteiger partial charge in [0.2, 0.25) is 0 Å². The minimum Gasteiger partial charge on any atom is -0.456 e. The first-order valence-electron chi connectivity index (χ1n) is 17.9. The third-order valence-electron chi connectivity index (χ3n) is 10.5. The van der Waals surface area contributed by atoms with Gasteiger partial charge in [-0.25, -0.2) is 15.0 Å². The van der Waals surface area contributed by atoms with Crippen molar-refractivity contribution in [1.29, 1.82) is 0 Å². The van der Waals surface area contributed by atoms with Crippen LogP contribution >= 0.6 is 0 Å². The molecule has 9 aromatic carbocycles. The van der Waals surface area contributed by atoms with Crippen LogP contribution in [0.1, 0.15) is 0 Å². The molecule has 0 aliphatic rings. The van der Waals surface area contributed by atoms with Crippen molar-refractivity contribution in [1.82, 2.24) is 15.0 Å². The summed E-state index contributed by atoms with van der Waals surface area (Å²) >= 11 is 0. The Morgan fingerprint density at radius 2 is 0.792 bits per heavy atom. The summed E-state index contributed by atoms with van der Waals surface area (Å²) < 4.78 is 6.19. The van der Waals surface area contributed by atoms with Crippen LogP contribution in [0.25, 0.3) is 110 Å². The van der Waals surface area contributed by atoms with E-state index in [1.165, 1.54) is 32.3 Å². The zero-order valence-electron chi connectivity index (χ0n) is 28.5. The summed E-state index contributed by atoms with van der Waals surface area (Å²) in [6.07, 6.45) is 0. The first-order valence-corrected chi connectivity index (χ1v) is 17.9. The highest BCUT2D eigenvalue weighted by atomic mass is 16.3. The van der Waals surface area contributed by atoms with Gasteiger partial charge in [0.1, 0.15) is 11.2 Å². The van der Waals surface area contributed by atoms with Crippen LogP contribution in [-0.4, -0.2) is 15.0 Å². The molecule has 0 amide bonds. The number of rotatable bonds is 4. The number of furan rings is 1. The van der Waals surface area contributed by atoms with Gasteiger partial charge in [0.25, 0.3) is 0 Å². The predicted octanol–water partition coefficient (Wildman–Crippen LogP) is 13.1. The molecule has 4 heteroatoms. The van der Waals surface area contributed by atoms with Gasteiger partial charge < -0.3 is 4.42 Å². The first-order chi connectivity index (χ1) is 26.3. The van der Waals surface area contributed by atoms with E-state index in [4.69, 9.17) is 19.4 Å². The first kappa shape index (κ1) is 29.5. The van der Waals surface area contributed by atoms with Crippen molar-refractivity contribution in [3.8, 4) is 45.3 Å². The molecule has 0 saturated carbocycles. The molecule has 0 radical (unpaired) electrons. The standard InChI is InChI=1S/C49H29N3O/c1-2-13-34-30(11-1)12-9-20-41(34)49-51-47(32-25-23-31(24-26-32)35-19-10-22-45-46(35)42-18-7-8-21-44(42)53-45)50-48(52-49)33-27-28-40-38-16-4-3-14-36(38)37-15-5-6-17-39(37)43(40)29-33/h1-29H. The molecule has 0 bridgehead atoms. The largest absolute Gasteiger partial charge is 0.456 e. The Kier molecular flexibility index (Phi) is 6.52. The minimum absolute atomic E-state index is 0.625. The fraction of sp³-hybridized carbons (Fsp3) is 0. The topological polar surface area (TPSA) is 51.8 Å². The molecular formula is C49H29N3O. The zero-order valence-corrected chi connectivity index (χ0v) is 28.5. The number of benzene rings is 9. The molecule has 2 heterocycles. The van der Waals surface area contributed by atoms with Crippen molar-refractivity contribution in [2.45, 2.75) is 0 Å². The third-order valence-corrected chi connectivity index (χ3v) is 10.5. The second-order valence-corrected chi connectivity index (χ2v) is 13.5. The quantitative estimate of drug-likeness (QED) is 0.174. The summed E-state index contributed by atoms with van der Waals surface area (Å²) in [5.41, 5.74) is 6.83. The normalized spacial score (nSPS) is 11.8. The van der Waals surface area contributed by atoms with Crippen LogP contribution in [0, 0.1) is 0 Å². The molecular weight excluding hydrogens is 647 g/mol. The Labute approximate surface area is 304 Å². The number of para-hydroxylation sites is 1. The highest BCUT2D eigenvalue weighted by molar-refractivity contribution is 6.25. The summed E-state index contributed by atoms with van der Waals surface area (Å²) in [7, 11) is 0. The van der Waals surface area contributed by atoms with Crippen LogP contribution in [0.3, 0.4) is 0 Å². The molecule has 0 N–H and O–H groups in total. The van der Waals surface area contributed by atoms with Crippen molar-refractivity contribution in [2.24, 2.45) is 0 Å². The van der Waals surface area contributed by atoms with Crippen LogP contribution < -0.4 is 0 Å². The maximum absolute atomic E-state index is 6.19. The van der Waals surface area contributed by atoms with Gasteiger partial charge in [0.15, 0.2) is 17.5 Å². The molecule has 11 aromatic rings. The molecule has 0 fully saturated rings. The fourth-order valence-electron chi connectivity index (χ4n) is 8.04. The predicted molar refractivity (Wildman–Crippen MR) is 219 cm³/mol. The van der Waals surface area contributed by atoms with Crippen molar-refractivity contribution >= 4 is 65.0 Å². The van der Waals surface area contributed by atoms with E-state index in [-0.39, 0.29) is 0 Å². The number of hydrogen-bond donors (Lipinski definition) is 0. The monoisotopic (exact) mass is 675 g/mol. The van der Waals surface area contributed by atoms with Gasteiger partial charge in [-0.05, 0) is 72.4 Å². The van der Waals surface area contributed by atoms with Gasteiger partial charge in [-0.2, -0.15) is 0 Å². The summed E-state index contributed by atoms with van der Waals surface area (Å²) in [5, 5.41) is 11.8. The molecule has 0 saturated heterocycles. The van der Waals surface area contributed by atoms with Crippen LogP contribution in [0.15, 0.2) is 180 Å². The van der Waals surface area contributed by atoms with Gasteiger partial charge in [0, 0.05) is 27.5 Å². The lowest BCUT2D eigenvalue weighted by Crippen LogP contribution is -2.00. The van der Waals surface area contributed by atoms with Gasteiger partial charge in [0.05, 0.1) is 0 Å². The molecule has 2 aromatic heterocycles. The summed E-state index contributed by atoms with van der Waals surface area (Å²) in [6.45, 7) is 0. The highest BCUT2D eigenvalue weighted by Gasteiger charge is 2.17. The van der Waals surface area contributed by atoms with Gasteiger partial charge >= 0.3 is 0 Å². The zero-order chi connectivity index (χ0) is 34.9. The minimum atomic E-state index is 0.625. The van der Waals surface area contributed by atoms with Crippen molar-refractivity contribution < 1.29 is 4.42 Å². The van der Waals surface area contributed by atoms with Crippen LogP contribution in [0.5, 0.6) is 0 Å². The maximum Gasteiger partial charge on any atom is 0.164 e. The number of nitrogens with zero attached hydrogens (tertiary/aromatic N) is 3. The molecule has 0 atom stereocenters. The second kappa shape index (κ2) is 11.7. The molecule has 0 unspecified atom stereocenters. The van der Waals surface area contributed by atoms with Gasteiger partial charge in [-0.3, -0.25) is 0 Å². The van der Waals surface area contributed by atoms with E-state index in [1.807, 2.05) is 18.2 Å². The van der Waals surface area contributed by atoms with E-state index in [2.05, 4.69) is 158 Å². The Morgan fingerprint density at radius 3 is 1.55 bits per heavy atom. The molecule has 11 rings (SSSR count). The van der Waals surface area contributed by atoms with Crippen LogP contribution in [-0.2, 0) is 0 Å². The van der Waals surface area contributed by atoms with Crippen molar-refractivity contribution in [3.63, 3.8) is 0 Å². The number of aromatic nitrogens is 3. The van der Waals surface area contributed by atoms with Crippen LogP contribution in [0.2, 0.25) is 0 Å². The Morgan fingerprint density at radius 1 is 0.302 bits per heavy atom. The Bertz CT molecular complexity index is 3190. The van der Waals surface area contributed by atoms with Gasteiger partial charge in [-0.15, -0.1) is 0 Å². The average molecular weight is 676 g/mol. The maximum atomic E-state index is 6.19. The molecule has 0 aliphatic heterocycles. The molecule has 0 aliphatic carbocycles. The van der Waals surface area contributed by atoms with E-state index in [0.29, 0.717) is 17.5 Å².